The van der Waals surface area contributed by atoms with Crippen LogP contribution < -0.4 is 16.0 Å². The number of H-pyrrole nitrogens is 1. The molecule has 238 valence electrons. The highest BCUT2D eigenvalue weighted by atomic mass is 16.6. The van der Waals surface area contributed by atoms with Gasteiger partial charge in [0.25, 0.3) is 0 Å². The molecule has 0 spiro atoms. The summed E-state index contributed by atoms with van der Waals surface area (Å²) in [6.07, 6.45) is 4.14. The van der Waals surface area contributed by atoms with Crippen molar-refractivity contribution >= 4 is 40.6 Å². The third-order valence-electron chi connectivity index (χ3n) is 6.88. The first-order valence-corrected chi connectivity index (χ1v) is 14.7. The second kappa shape index (κ2) is 13.7. The molecule has 45 heavy (non-hydrogen) atoms. The van der Waals surface area contributed by atoms with E-state index < -0.39 is 47.1 Å². The highest BCUT2D eigenvalue weighted by Gasteiger charge is 2.35. The number of rotatable bonds is 11. The predicted octanol–water partition coefficient (Wildman–Crippen LogP) is 4.49. The van der Waals surface area contributed by atoms with Crippen molar-refractivity contribution < 1.29 is 28.7 Å². The predicted molar refractivity (Wildman–Crippen MR) is 169 cm³/mol. The van der Waals surface area contributed by atoms with Crippen LogP contribution in [-0.2, 0) is 30.3 Å². The van der Waals surface area contributed by atoms with Crippen LogP contribution in [0.2, 0.25) is 0 Å². The fourth-order valence-electron chi connectivity index (χ4n) is 4.73. The van der Waals surface area contributed by atoms with Gasteiger partial charge in [0, 0.05) is 29.7 Å². The maximum atomic E-state index is 13.7. The van der Waals surface area contributed by atoms with Gasteiger partial charge in [0.1, 0.15) is 17.2 Å². The Bertz CT molecular complexity index is 1650. The molecule has 0 aliphatic heterocycles. The third kappa shape index (κ3) is 8.49. The highest BCUT2D eigenvalue weighted by molar-refractivity contribution is 5.99. The van der Waals surface area contributed by atoms with Gasteiger partial charge in [-0.1, -0.05) is 48.5 Å². The van der Waals surface area contributed by atoms with E-state index in [9.17, 15) is 19.2 Å². The lowest BCUT2D eigenvalue weighted by Crippen LogP contribution is -2.59. The minimum Gasteiger partial charge on any atom is -0.464 e. The summed E-state index contributed by atoms with van der Waals surface area (Å²) in [5, 5.41) is 9.04. The molecule has 12 heteroatoms. The molecule has 2 aromatic carbocycles. The van der Waals surface area contributed by atoms with Crippen molar-refractivity contribution in [2.45, 2.75) is 71.2 Å². The molecule has 4 N–H and O–H groups in total. The molecule has 0 saturated heterocycles. The Labute approximate surface area is 261 Å². The number of benzene rings is 2. The SMILES string of the molecule is CCOC(=O)C(c1ccccc1)n1cnc(NC(=O)[C@@H](Cc2c[nH]c3ccccc23)NC(=O)C(C)(C)NC(=O)OC(C)(C)C)c1. The molecule has 4 rings (SSSR count). The quantitative estimate of drug-likeness (QED) is 0.181. The molecule has 0 radical (unpaired) electrons. The Balaban J connectivity index is 1.57. The number of ether oxygens (including phenoxy) is 2. The van der Waals surface area contributed by atoms with Gasteiger partial charge in [-0.05, 0) is 58.7 Å². The summed E-state index contributed by atoms with van der Waals surface area (Å²) < 4.78 is 12.2. The molecule has 2 aromatic heterocycles. The summed E-state index contributed by atoms with van der Waals surface area (Å²) in [5.41, 5.74) is 0.210. The molecule has 3 amide bonds. The number of fused-ring (bicyclic) bond motifs is 1. The fraction of sp³-hybridized carbons (Fsp3) is 0.364. The zero-order valence-electron chi connectivity index (χ0n) is 26.3. The van der Waals surface area contributed by atoms with E-state index in [-0.39, 0.29) is 18.8 Å². The zero-order valence-corrected chi connectivity index (χ0v) is 26.3. The molecule has 1 unspecified atom stereocenters. The number of hydrogen-bond donors (Lipinski definition) is 4. The monoisotopic (exact) mass is 616 g/mol. The van der Waals surface area contributed by atoms with Crippen LogP contribution in [0.25, 0.3) is 10.9 Å². The van der Waals surface area contributed by atoms with E-state index in [0.717, 1.165) is 16.5 Å². The Kier molecular flexibility index (Phi) is 9.95. The molecule has 0 aliphatic rings. The second-order valence-electron chi connectivity index (χ2n) is 12.1. The smallest absolute Gasteiger partial charge is 0.408 e. The summed E-state index contributed by atoms with van der Waals surface area (Å²) in [6, 6.07) is 14.8. The summed E-state index contributed by atoms with van der Waals surface area (Å²) in [4.78, 5) is 60.1. The largest absolute Gasteiger partial charge is 0.464 e. The van der Waals surface area contributed by atoms with Crippen LogP contribution in [-0.4, -0.2) is 62.2 Å². The van der Waals surface area contributed by atoms with E-state index in [1.165, 1.54) is 26.4 Å². The first-order chi connectivity index (χ1) is 21.3. The molecule has 12 nitrogen and oxygen atoms in total. The number of nitrogens with one attached hydrogen (secondary N) is 4. The van der Waals surface area contributed by atoms with Crippen molar-refractivity contribution in [1.29, 1.82) is 0 Å². The van der Waals surface area contributed by atoms with Crippen molar-refractivity contribution in [2.75, 3.05) is 11.9 Å². The van der Waals surface area contributed by atoms with Crippen molar-refractivity contribution in [3.63, 3.8) is 0 Å². The van der Waals surface area contributed by atoms with Crippen LogP contribution in [0.3, 0.4) is 0 Å². The number of para-hydroxylation sites is 1. The van der Waals surface area contributed by atoms with Gasteiger partial charge in [0.15, 0.2) is 11.9 Å². The second-order valence-corrected chi connectivity index (χ2v) is 12.1. The molecule has 0 bridgehead atoms. The summed E-state index contributed by atoms with van der Waals surface area (Å²) in [5.74, 6) is -1.43. The zero-order chi connectivity index (χ0) is 32.8. The van der Waals surface area contributed by atoms with Gasteiger partial charge >= 0.3 is 12.1 Å². The number of imidazole rings is 1. The number of esters is 1. The van der Waals surface area contributed by atoms with Gasteiger partial charge in [-0.25, -0.2) is 14.6 Å². The van der Waals surface area contributed by atoms with Crippen molar-refractivity contribution in [3.05, 3.63) is 84.4 Å². The summed E-state index contributed by atoms with van der Waals surface area (Å²) in [7, 11) is 0. The molecule has 0 aliphatic carbocycles. The van der Waals surface area contributed by atoms with Crippen molar-refractivity contribution in [3.8, 4) is 0 Å². The minimum atomic E-state index is -1.41. The first-order valence-electron chi connectivity index (χ1n) is 14.7. The van der Waals surface area contributed by atoms with E-state index in [1.54, 1.807) is 50.6 Å². The molecule has 4 aromatic rings. The average molecular weight is 617 g/mol. The Morgan fingerprint density at radius 1 is 0.978 bits per heavy atom. The van der Waals surface area contributed by atoms with Gasteiger partial charge in [0.05, 0.1) is 12.9 Å². The van der Waals surface area contributed by atoms with E-state index in [4.69, 9.17) is 9.47 Å². The molecule has 0 fully saturated rings. The minimum absolute atomic E-state index is 0.139. The maximum absolute atomic E-state index is 13.7. The standard InChI is InChI=1S/C33H40N6O6/c1-7-44-29(41)27(21-13-9-8-10-14-21)39-19-26(35-20-39)37-28(40)25(17-22-18-34-24-16-12-11-15-23(22)24)36-30(42)33(5,6)38-31(43)45-32(2,3)4/h8-16,18-20,25,27,34H,7,17H2,1-6H3,(H,36,42)(H,37,40)(H,38,43)/t25-,27?/m1/s1. The van der Waals surface area contributed by atoms with Gasteiger partial charge in [-0.2, -0.15) is 0 Å². The molecular weight excluding hydrogens is 576 g/mol. The summed E-state index contributed by atoms with van der Waals surface area (Å²) >= 11 is 0. The molecular formula is C33H40N6O6. The van der Waals surface area contributed by atoms with Crippen LogP contribution in [0.5, 0.6) is 0 Å². The van der Waals surface area contributed by atoms with E-state index >= 15 is 0 Å². The number of alkyl carbamates (subject to hydrolysis) is 1. The van der Waals surface area contributed by atoms with Gasteiger partial charge in [-0.15, -0.1) is 0 Å². The van der Waals surface area contributed by atoms with E-state index in [0.29, 0.717) is 5.56 Å². The Hall–Kier alpha value is -5.13. The average Bonchev–Trinajstić information content (AvgIpc) is 3.59. The van der Waals surface area contributed by atoms with Crippen LogP contribution in [0, 0.1) is 0 Å². The van der Waals surface area contributed by atoms with Gasteiger partial charge in [-0.3, -0.25) is 9.59 Å². The van der Waals surface area contributed by atoms with Crippen LogP contribution in [0.15, 0.2) is 73.3 Å². The molecule has 2 heterocycles. The van der Waals surface area contributed by atoms with E-state index in [2.05, 4.69) is 25.9 Å². The maximum Gasteiger partial charge on any atom is 0.408 e. The lowest BCUT2D eigenvalue weighted by atomic mass is 10.0. The topological polar surface area (TPSA) is 156 Å². The highest BCUT2D eigenvalue weighted by Crippen LogP contribution is 2.23. The number of anilines is 1. The number of aromatic amines is 1. The third-order valence-corrected chi connectivity index (χ3v) is 6.88. The number of amides is 3. The van der Waals surface area contributed by atoms with Gasteiger partial charge < -0.3 is 35.0 Å². The number of aromatic nitrogens is 3. The number of nitrogens with zero attached hydrogens (tertiary/aromatic N) is 2. The van der Waals surface area contributed by atoms with Gasteiger partial charge in [0.2, 0.25) is 11.8 Å². The molecule has 2 atom stereocenters. The van der Waals surface area contributed by atoms with Crippen molar-refractivity contribution in [2.24, 2.45) is 0 Å². The first kappa shape index (κ1) is 32.8. The number of hydrogen-bond acceptors (Lipinski definition) is 7. The number of carbonyl (C=O) groups is 4. The Morgan fingerprint density at radius 3 is 2.36 bits per heavy atom. The lowest BCUT2D eigenvalue weighted by Gasteiger charge is -2.29. The Morgan fingerprint density at radius 2 is 1.67 bits per heavy atom. The number of carbonyl (C=O) groups excluding carboxylic acids is 4. The van der Waals surface area contributed by atoms with Crippen LogP contribution in [0.1, 0.15) is 58.7 Å². The normalized spacial score (nSPS) is 13.0. The molecule has 0 saturated carbocycles. The van der Waals surface area contributed by atoms with Crippen LogP contribution in [0.4, 0.5) is 10.6 Å². The fourth-order valence-corrected chi connectivity index (χ4v) is 4.73. The summed E-state index contributed by atoms with van der Waals surface area (Å²) in [6.45, 7) is 10.1. The van der Waals surface area contributed by atoms with E-state index in [1.807, 2.05) is 42.5 Å². The van der Waals surface area contributed by atoms with Crippen LogP contribution >= 0.6 is 0 Å². The van der Waals surface area contributed by atoms with Crippen molar-refractivity contribution in [1.82, 2.24) is 25.2 Å². The lowest BCUT2D eigenvalue weighted by molar-refractivity contribution is -0.145.